The highest BCUT2D eigenvalue weighted by atomic mass is 79.9. The van der Waals surface area contributed by atoms with Crippen LogP contribution in [0.5, 0.6) is 0 Å². The van der Waals surface area contributed by atoms with Crippen LogP contribution in [0.3, 0.4) is 0 Å². The summed E-state index contributed by atoms with van der Waals surface area (Å²) >= 11 is 11.3. The zero-order valence-electron chi connectivity index (χ0n) is 17.8. The number of aryl methyl sites for hydroxylation is 1. The summed E-state index contributed by atoms with van der Waals surface area (Å²) in [6.07, 6.45) is 0. The summed E-state index contributed by atoms with van der Waals surface area (Å²) in [6.45, 7) is 2.21. The van der Waals surface area contributed by atoms with Crippen LogP contribution in [0.15, 0.2) is 82.4 Å². The van der Waals surface area contributed by atoms with E-state index in [1.807, 2.05) is 72.2 Å². The van der Waals surface area contributed by atoms with Gasteiger partial charge in [0.25, 0.3) is 0 Å². The molecule has 4 rings (SSSR count). The van der Waals surface area contributed by atoms with Crippen molar-refractivity contribution < 1.29 is 4.79 Å². The molecule has 6 nitrogen and oxygen atoms in total. The van der Waals surface area contributed by atoms with Crippen molar-refractivity contribution in [2.75, 3.05) is 5.32 Å². The van der Waals surface area contributed by atoms with Gasteiger partial charge in [-0.25, -0.2) is 4.79 Å². The molecule has 0 fully saturated rings. The van der Waals surface area contributed by atoms with Gasteiger partial charge in [0.2, 0.25) is 0 Å². The number of rotatable bonds is 7. The molecule has 0 spiro atoms. The maximum absolute atomic E-state index is 12.4. The Kier molecular flexibility index (Phi) is 7.69. The van der Waals surface area contributed by atoms with E-state index in [1.165, 1.54) is 5.56 Å². The minimum Gasteiger partial charge on any atom is -0.331 e. The van der Waals surface area contributed by atoms with Crippen molar-refractivity contribution in [3.63, 3.8) is 0 Å². The molecule has 9 heteroatoms. The van der Waals surface area contributed by atoms with E-state index < -0.39 is 0 Å². The van der Waals surface area contributed by atoms with Crippen LogP contribution in [0, 0.1) is 6.92 Å². The van der Waals surface area contributed by atoms with E-state index in [-0.39, 0.29) is 12.6 Å². The summed E-state index contributed by atoms with van der Waals surface area (Å²) in [4.78, 5) is 12.4. The number of benzene rings is 3. The van der Waals surface area contributed by atoms with Crippen molar-refractivity contribution >= 4 is 51.0 Å². The topological polar surface area (TPSA) is 71.8 Å². The number of carbonyl (C=O) groups is 1. The highest BCUT2D eigenvalue weighted by Gasteiger charge is 2.17. The number of urea groups is 1. The Morgan fingerprint density at radius 1 is 1.06 bits per heavy atom. The second kappa shape index (κ2) is 10.9. The van der Waals surface area contributed by atoms with E-state index in [0.29, 0.717) is 16.5 Å². The predicted octanol–water partition coefficient (Wildman–Crippen LogP) is 6.61. The third-order valence-electron chi connectivity index (χ3n) is 4.83. The molecule has 3 aromatic carbocycles. The number of nitrogens with zero attached hydrogens (tertiary/aromatic N) is 3. The number of anilines is 1. The van der Waals surface area contributed by atoms with Gasteiger partial charge in [0.15, 0.2) is 11.0 Å². The third kappa shape index (κ3) is 6.16. The smallest absolute Gasteiger partial charge is 0.319 e. The molecule has 4 aromatic rings. The SMILES string of the molecule is Cc1ccc(Cl)cc1-n1c(CNC(=O)Nc2ccc(Br)cc2)nnc1SCc1ccccc1. The number of nitrogens with one attached hydrogen (secondary N) is 2. The van der Waals surface area contributed by atoms with Crippen LogP contribution in [0.4, 0.5) is 10.5 Å². The first-order valence-corrected chi connectivity index (χ1v) is 12.3. The molecule has 168 valence electrons. The normalized spacial score (nSPS) is 10.8. The number of carbonyl (C=O) groups excluding carboxylic acids is 1. The Hall–Kier alpha value is -2.81. The van der Waals surface area contributed by atoms with E-state index in [4.69, 9.17) is 11.6 Å². The first-order chi connectivity index (χ1) is 16.0. The summed E-state index contributed by atoms with van der Waals surface area (Å²) in [5, 5.41) is 15.8. The Bertz CT molecular complexity index is 1250. The van der Waals surface area contributed by atoms with Crippen molar-refractivity contribution in [3.8, 4) is 5.69 Å². The van der Waals surface area contributed by atoms with Crippen molar-refractivity contribution in [3.05, 3.63) is 99.2 Å². The summed E-state index contributed by atoms with van der Waals surface area (Å²) in [7, 11) is 0. The van der Waals surface area contributed by atoms with Crippen molar-refractivity contribution in [2.24, 2.45) is 0 Å². The Labute approximate surface area is 209 Å². The molecule has 33 heavy (non-hydrogen) atoms. The number of hydrogen-bond acceptors (Lipinski definition) is 4. The summed E-state index contributed by atoms with van der Waals surface area (Å²) in [5.41, 5.74) is 3.80. The van der Waals surface area contributed by atoms with Gasteiger partial charge in [-0.2, -0.15) is 0 Å². The highest BCUT2D eigenvalue weighted by Crippen LogP contribution is 2.28. The first kappa shape index (κ1) is 23.4. The van der Waals surface area contributed by atoms with E-state index in [9.17, 15) is 4.79 Å². The third-order valence-corrected chi connectivity index (χ3v) is 6.60. The van der Waals surface area contributed by atoms with Gasteiger partial charge in [-0.3, -0.25) is 4.57 Å². The van der Waals surface area contributed by atoms with Crippen LogP contribution >= 0.6 is 39.3 Å². The summed E-state index contributed by atoms with van der Waals surface area (Å²) < 4.78 is 2.90. The predicted molar refractivity (Wildman–Crippen MR) is 137 cm³/mol. The molecule has 1 aromatic heterocycles. The largest absolute Gasteiger partial charge is 0.331 e. The Balaban J connectivity index is 1.55. The van der Waals surface area contributed by atoms with Gasteiger partial charge in [-0.15, -0.1) is 10.2 Å². The molecule has 0 unspecified atom stereocenters. The van der Waals surface area contributed by atoms with Crippen molar-refractivity contribution in [1.29, 1.82) is 0 Å². The van der Waals surface area contributed by atoms with Gasteiger partial charge in [-0.1, -0.05) is 75.7 Å². The van der Waals surface area contributed by atoms with Gasteiger partial charge in [0.1, 0.15) is 0 Å². The number of aromatic nitrogens is 3. The fraction of sp³-hybridized carbons (Fsp3) is 0.125. The molecular weight excluding hydrogens is 522 g/mol. The second-order valence-corrected chi connectivity index (χ2v) is 9.55. The lowest BCUT2D eigenvalue weighted by Gasteiger charge is -2.14. The maximum atomic E-state index is 12.4. The Morgan fingerprint density at radius 3 is 2.58 bits per heavy atom. The number of thioether (sulfide) groups is 1. The van der Waals surface area contributed by atoms with Crippen LogP contribution in [0.25, 0.3) is 5.69 Å². The van der Waals surface area contributed by atoms with E-state index in [1.54, 1.807) is 11.8 Å². The molecule has 0 saturated carbocycles. The standard InChI is InChI=1S/C24H21BrClN5OS/c1-16-7-10-19(26)13-21(16)31-22(14-27-23(32)28-20-11-8-18(25)9-12-20)29-30-24(31)33-15-17-5-3-2-4-6-17/h2-13H,14-15H2,1H3,(H2,27,28,32). The quantitative estimate of drug-likeness (QED) is 0.258. The van der Waals surface area contributed by atoms with E-state index in [0.717, 1.165) is 26.6 Å². The number of amides is 2. The fourth-order valence-electron chi connectivity index (χ4n) is 3.16. The average molecular weight is 543 g/mol. The average Bonchev–Trinajstić information content (AvgIpc) is 3.22. The molecule has 2 N–H and O–H groups in total. The van der Waals surface area contributed by atoms with Gasteiger partial charge in [0.05, 0.1) is 12.2 Å². The van der Waals surface area contributed by atoms with Gasteiger partial charge >= 0.3 is 6.03 Å². The van der Waals surface area contributed by atoms with E-state index in [2.05, 4.69) is 48.9 Å². The van der Waals surface area contributed by atoms with Crippen LogP contribution in [0.2, 0.25) is 5.02 Å². The molecule has 0 radical (unpaired) electrons. The molecule has 0 aliphatic heterocycles. The lowest BCUT2D eigenvalue weighted by molar-refractivity contribution is 0.251. The maximum Gasteiger partial charge on any atom is 0.319 e. The minimum absolute atomic E-state index is 0.202. The molecule has 0 aliphatic rings. The van der Waals surface area contributed by atoms with Crippen molar-refractivity contribution in [2.45, 2.75) is 24.4 Å². The molecule has 2 amide bonds. The van der Waals surface area contributed by atoms with Crippen LogP contribution in [0.1, 0.15) is 17.0 Å². The molecule has 0 atom stereocenters. The highest BCUT2D eigenvalue weighted by molar-refractivity contribution is 9.10. The lowest BCUT2D eigenvalue weighted by Crippen LogP contribution is -2.29. The number of halogens is 2. The Morgan fingerprint density at radius 2 is 1.82 bits per heavy atom. The lowest BCUT2D eigenvalue weighted by atomic mass is 10.2. The fourth-order valence-corrected chi connectivity index (χ4v) is 4.51. The first-order valence-electron chi connectivity index (χ1n) is 10.2. The van der Waals surface area contributed by atoms with Gasteiger partial charge < -0.3 is 10.6 Å². The van der Waals surface area contributed by atoms with Crippen LogP contribution < -0.4 is 10.6 Å². The molecule has 0 aliphatic carbocycles. The molecule has 0 saturated heterocycles. The van der Waals surface area contributed by atoms with E-state index >= 15 is 0 Å². The molecule has 0 bridgehead atoms. The van der Waals surface area contributed by atoms with Gasteiger partial charge in [0, 0.05) is 20.9 Å². The summed E-state index contributed by atoms with van der Waals surface area (Å²) in [5.74, 6) is 1.36. The second-order valence-electron chi connectivity index (χ2n) is 7.25. The molecule has 1 heterocycles. The zero-order chi connectivity index (χ0) is 23.2. The molecular formula is C24H21BrClN5OS. The summed E-state index contributed by atoms with van der Waals surface area (Å²) in [6, 6.07) is 22.9. The van der Waals surface area contributed by atoms with Gasteiger partial charge in [-0.05, 0) is 54.4 Å². The monoisotopic (exact) mass is 541 g/mol. The zero-order valence-corrected chi connectivity index (χ0v) is 20.9. The minimum atomic E-state index is -0.326. The van der Waals surface area contributed by atoms with Crippen LogP contribution in [-0.4, -0.2) is 20.8 Å². The van der Waals surface area contributed by atoms with Crippen LogP contribution in [-0.2, 0) is 12.3 Å². The number of hydrogen-bond donors (Lipinski definition) is 2. The van der Waals surface area contributed by atoms with Crippen molar-refractivity contribution in [1.82, 2.24) is 20.1 Å².